The van der Waals surface area contributed by atoms with E-state index in [4.69, 9.17) is 0 Å². The normalized spacial score (nSPS) is 33.2. The van der Waals surface area contributed by atoms with Gasteiger partial charge in [-0.2, -0.15) is 0 Å². The molecule has 0 amide bonds. The topological polar surface area (TPSA) is 0 Å². The number of hydrogen-bond acceptors (Lipinski definition) is 0. The molecule has 0 aliphatic carbocycles. The van der Waals surface area contributed by atoms with Crippen LogP contribution in [0.1, 0.15) is 51.4 Å². The van der Waals surface area contributed by atoms with E-state index in [0.717, 1.165) is 11.2 Å². The van der Waals surface area contributed by atoms with E-state index in [-0.39, 0.29) is 0 Å². The van der Waals surface area contributed by atoms with Gasteiger partial charge in [-0.1, -0.05) is 31.0 Å². The van der Waals surface area contributed by atoms with Crippen LogP contribution in [0.3, 0.4) is 0 Å². The van der Waals surface area contributed by atoms with Crippen LogP contribution in [0, 0.1) is 5.92 Å². The monoisotopic (exact) mass is 261 g/mol. The highest BCUT2D eigenvalue weighted by molar-refractivity contribution is 7.97. The van der Waals surface area contributed by atoms with Crippen molar-refractivity contribution in [3.63, 3.8) is 0 Å². The highest BCUT2D eigenvalue weighted by atomic mass is 32.2. The Bertz CT molecular complexity index is 347. The Labute approximate surface area is 115 Å². The Balaban J connectivity index is 1.85. The molecule has 1 aromatic carbocycles. The third-order valence-corrected chi connectivity index (χ3v) is 7.62. The first-order chi connectivity index (χ1) is 8.93. The predicted octanol–water partition coefficient (Wildman–Crippen LogP) is 4.80. The molecule has 2 aliphatic heterocycles. The van der Waals surface area contributed by atoms with Crippen molar-refractivity contribution in [2.24, 2.45) is 5.92 Å². The molecular formula is C17H25S+. The van der Waals surface area contributed by atoms with E-state index in [1.165, 1.54) is 57.1 Å². The summed E-state index contributed by atoms with van der Waals surface area (Å²) in [6.07, 6.45) is 11.9. The van der Waals surface area contributed by atoms with Crippen molar-refractivity contribution < 1.29 is 0 Å². The SMILES string of the molecule is c1ccc([S+]2CC3CCCCC2CCCC3)cc1. The van der Waals surface area contributed by atoms with Crippen LogP contribution >= 0.6 is 0 Å². The van der Waals surface area contributed by atoms with Gasteiger partial charge >= 0.3 is 0 Å². The summed E-state index contributed by atoms with van der Waals surface area (Å²) in [6.45, 7) is 0. The van der Waals surface area contributed by atoms with Crippen LogP contribution in [0.5, 0.6) is 0 Å². The fourth-order valence-electron chi connectivity index (χ4n) is 3.62. The van der Waals surface area contributed by atoms with Crippen molar-refractivity contribution in [3.8, 4) is 0 Å². The molecule has 1 unspecified atom stereocenters. The molecule has 0 nitrogen and oxygen atoms in total. The summed E-state index contributed by atoms with van der Waals surface area (Å²) >= 11 is 0. The van der Waals surface area contributed by atoms with Gasteiger partial charge in [0.15, 0.2) is 4.90 Å². The Morgan fingerprint density at radius 1 is 0.778 bits per heavy atom. The number of benzene rings is 1. The molecule has 98 valence electrons. The summed E-state index contributed by atoms with van der Waals surface area (Å²) in [6, 6.07) is 11.4. The third kappa shape index (κ3) is 2.93. The summed E-state index contributed by atoms with van der Waals surface area (Å²) in [5, 5.41) is 0.996. The molecule has 2 bridgehead atoms. The average molecular weight is 261 g/mol. The largest absolute Gasteiger partial charge is 0.155 e. The smallest absolute Gasteiger partial charge is 0.0619 e. The minimum absolute atomic E-state index is 0.547. The van der Waals surface area contributed by atoms with Crippen LogP contribution in [-0.2, 0) is 10.9 Å². The van der Waals surface area contributed by atoms with Gasteiger partial charge in [0.2, 0.25) is 0 Å². The van der Waals surface area contributed by atoms with Gasteiger partial charge in [-0.15, -0.1) is 0 Å². The zero-order chi connectivity index (χ0) is 12.2. The fourth-order valence-corrected chi connectivity index (χ4v) is 6.72. The minimum atomic E-state index is 0.547. The molecule has 0 spiro atoms. The molecular weight excluding hydrogens is 236 g/mol. The van der Waals surface area contributed by atoms with E-state index in [0.29, 0.717) is 10.9 Å². The van der Waals surface area contributed by atoms with Gasteiger partial charge in [-0.25, -0.2) is 0 Å². The highest BCUT2D eigenvalue weighted by Gasteiger charge is 2.37. The zero-order valence-electron chi connectivity index (χ0n) is 11.3. The van der Waals surface area contributed by atoms with Crippen LogP contribution in [0.2, 0.25) is 0 Å². The summed E-state index contributed by atoms with van der Waals surface area (Å²) in [7, 11) is 0.547. The maximum absolute atomic E-state index is 2.39. The maximum atomic E-state index is 2.39. The molecule has 1 aromatic rings. The van der Waals surface area contributed by atoms with Crippen molar-refractivity contribution in [2.45, 2.75) is 61.5 Å². The standard InChI is InChI=1S/C17H25S/c1-2-10-16(11-3-1)18-14-15-8-4-6-12-17(18)13-7-5-9-15/h1-3,10-11,15,17H,4-9,12-14H2/q+1. The Morgan fingerprint density at radius 2 is 1.39 bits per heavy atom. The summed E-state index contributed by atoms with van der Waals surface area (Å²) < 4.78 is 0. The molecule has 0 radical (unpaired) electrons. The van der Waals surface area contributed by atoms with Crippen molar-refractivity contribution in [3.05, 3.63) is 30.3 Å². The second-order valence-corrected chi connectivity index (χ2v) is 8.29. The lowest BCUT2D eigenvalue weighted by Gasteiger charge is -2.28. The first kappa shape index (κ1) is 12.6. The molecule has 1 atom stereocenters. The molecule has 0 N–H and O–H groups in total. The summed E-state index contributed by atoms with van der Waals surface area (Å²) in [5.41, 5.74) is 0. The second-order valence-electron chi connectivity index (χ2n) is 5.97. The van der Waals surface area contributed by atoms with Gasteiger partial charge in [-0.3, -0.25) is 0 Å². The molecule has 0 aromatic heterocycles. The zero-order valence-corrected chi connectivity index (χ0v) is 12.1. The van der Waals surface area contributed by atoms with Crippen molar-refractivity contribution >= 4 is 10.9 Å². The fraction of sp³-hybridized carbons (Fsp3) is 0.647. The van der Waals surface area contributed by atoms with Crippen molar-refractivity contribution in [1.82, 2.24) is 0 Å². The molecule has 2 aliphatic rings. The van der Waals surface area contributed by atoms with Gasteiger partial charge < -0.3 is 0 Å². The third-order valence-electron chi connectivity index (χ3n) is 4.64. The van der Waals surface area contributed by atoms with Gasteiger partial charge in [0.25, 0.3) is 0 Å². The first-order valence-electron chi connectivity index (χ1n) is 7.68. The van der Waals surface area contributed by atoms with E-state index < -0.39 is 0 Å². The van der Waals surface area contributed by atoms with E-state index >= 15 is 0 Å². The molecule has 18 heavy (non-hydrogen) atoms. The molecule has 2 fully saturated rings. The van der Waals surface area contributed by atoms with Gasteiger partial charge in [-0.05, 0) is 50.7 Å². The van der Waals surface area contributed by atoms with Crippen LogP contribution < -0.4 is 0 Å². The molecule has 2 saturated heterocycles. The van der Waals surface area contributed by atoms with Crippen LogP contribution in [0.15, 0.2) is 35.2 Å². The first-order valence-corrected chi connectivity index (χ1v) is 9.14. The second kappa shape index (κ2) is 6.14. The predicted molar refractivity (Wildman–Crippen MR) is 81.2 cm³/mol. The lowest BCUT2D eigenvalue weighted by molar-refractivity contribution is 0.407. The quantitative estimate of drug-likeness (QED) is 0.637. The Hall–Kier alpha value is -0.430. The van der Waals surface area contributed by atoms with E-state index in [9.17, 15) is 0 Å². The average Bonchev–Trinajstić information content (AvgIpc) is 2.39. The molecule has 0 saturated carbocycles. The Kier molecular flexibility index (Phi) is 4.30. The molecule has 2 heterocycles. The van der Waals surface area contributed by atoms with E-state index in [2.05, 4.69) is 30.3 Å². The van der Waals surface area contributed by atoms with Crippen molar-refractivity contribution in [1.29, 1.82) is 0 Å². The Morgan fingerprint density at radius 3 is 2.06 bits per heavy atom. The number of rotatable bonds is 1. The van der Waals surface area contributed by atoms with Crippen LogP contribution in [0.25, 0.3) is 0 Å². The van der Waals surface area contributed by atoms with Gasteiger partial charge in [0.1, 0.15) is 11.0 Å². The summed E-state index contributed by atoms with van der Waals surface area (Å²) in [5.74, 6) is 2.52. The highest BCUT2D eigenvalue weighted by Crippen LogP contribution is 2.36. The van der Waals surface area contributed by atoms with Crippen LogP contribution in [-0.4, -0.2) is 11.0 Å². The summed E-state index contributed by atoms with van der Waals surface area (Å²) in [4.78, 5) is 1.65. The lowest BCUT2D eigenvalue weighted by Crippen LogP contribution is -2.32. The van der Waals surface area contributed by atoms with Crippen LogP contribution in [0.4, 0.5) is 0 Å². The molecule has 3 rings (SSSR count). The van der Waals surface area contributed by atoms with Gasteiger partial charge in [0.05, 0.1) is 0 Å². The minimum Gasteiger partial charge on any atom is -0.0619 e. The number of fused-ring (bicyclic) bond motifs is 3. The van der Waals surface area contributed by atoms with E-state index in [1.54, 1.807) is 4.90 Å². The van der Waals surface area contributed by atoms with Gasteiger partial charge in [0, 0.05) is 16.8 Å². The molecule has 1 heteroatoms. The maximum Gasteiger partial charge on any atom is 0.155 e. The van der Waals surface area contributed by atoms with Crippen molar-refractivity contribution in [2.75, 3.05) is 5.75 Å². The lowest BCUT2D eigenvalue weighted by atomic mass is 9.93. The van der Waals surface area contributed by atoms with E-state index in [1.807, 2.05) is 0 Å². The number of hydrogen-bond donors (Lipinski definition) is 0.